The van der Waals surface area contributed by atoms with Crippen LogP contribution in [0, 0.1) is 6.92 Å². The zero-order valence-corrected chi connectivity index (χ0v) is 14.7. The molecule has 2 rings (SSSR count). The Hall–Kier alpha value is -1.93. The van der Waals surface area contributed by atoms with E-state index >= 15 is 0 Å². The lowest BCUT2D eigenvalue weighted by Gasteiger charge is -2.34. The van der Waals surface area contributed by atoms with Crippen LogP contribution in [0.1, 0.15) is 36.5 Å². The van der Waals surface area contributed by atoms with Gasteiger partial charge in [-0.2, -0.15) is 0 Å². The molecule has 0 aliphatic carbocycles. The normalized spacial score (nSPS) is 13.8. The van der Waals surface area contributed by atoms with Crippen LogP contribution in [-0.4, -0.2) is 31.3 Å². The second kappa shape index (κ2) is 7.56. The van der Waals surface area contributed by atoms with Crippen LogP contribution >= 0.6 is 0 Å². The van der Waals surface area contributed by atoms with Crippen LogP contribution in [-0.2, 0) is 10.2 Å². The quantitative estimate of drug-likeness (QED) is 0.763. The van der Waals surface area contributed by atoms with Crippen molar-refractivity contribution in [1.82, 2.24) is 4.90 Å². The van der Waals surface area contributed by atoms with E-state index in [1.165, 1.54) is 5.56 Å². The fraction of sp³-hybridized carbons (Fsp3) is 0.381. The second-order valence-electron chi connectivity index (χ2n) is 6.47. The summed E-state index contributed by atoms with van der Waals surface area (Å²) >= 11 is 0. The minimum absolute atomic E-state index is 0.286. The highest BCUT2D eigenvalue weighted by atomic mass is 16.1. The molecule has 2 aromatic rings. The van der Waals surface area contributed by atoms with Crippen LogP contribution < -0.4 is 0 Å². The van der Waals surface area contributed by atoms with E-state index in [0.29, 0.717) is 6.42 Å². The third-order valence-corrected chi connectivity index (χ3v) is 4.54. The van der Waals surface area contributed by atoms with E-state index < -0.39 is 5.41 Å². The molecule has 0 N–H and O–H groups in total. The van der Waals surface area contributed by atoms with E-state index in [2.05, 4.69) is 62.3 Å². The zero-order chi connectivity index (χ0) is 16.9. The van der Waals surface area contributed by atoms with E-state index in [1.54, 1.807) is 0 Å². The summed E-state index contributed by atoms with van der Waals surface area (Å²) in [5.41, 5.74) is 2.85. The van der Waals surface area contributed by atoms with Gasteiger partial charge in [0, 0.05) is 6.42 Å². The molecule has 2 heteroatoms. The van der Waals surface area contributed by atoms with Gasteiger partial charge in [-0.1, -0.05) is 67.1 Å². The molecule has 1 atom stereocenters. The van der Waals surface area contributed by atoms with E-state index in [-0.39, 0.29) is 5.78 Å². The standard InChI is InChI=1S/C21H27NO/c1-5-20(23)21(15-16-22(3)4,18-9-7-6-8-10-18)19-13-11-17(2)12-14-19/h6-14H,5,15-16H2,1-4H3. The van der Waals surface area contributed by atoms with Crippen LogP contribution in [0.15, 0.2) is 54.6 Å². The monoisotopic (exact) mass is 309 g/mol. The van der Waals surface area contributed by atoms with Gasteiger partial charge in [0.25, 0.3) is 0 Å². The maximum Gasteiger partial charge on any atom is 0.147 e. The van der Waals surface area contributed by atoms with E-state index in [1.807, 2.05) is 25.1 Å². The summed E-state index contributed by atoms with van der Waals surface area (Å²) in [7, 11) is 4.11. The smallest absolute Gasteiger partial charge is 0.147 e. The molecular formula is C21H27NO. The van der Waals surface area contributed by atoms with Gasteiger partial charge in [0.2, 0.25) is 0 Å². The molecule has 0 bridgehead atoms. The molecule has 0 spiro atoms. The number of carbonyl (C=O) groups excluding carboxylic acids is 1. The van der Waals surface area contributed by atoms with Gasteiger partial charge < -0.3 is 4.90 Å². The predicted molar refractivity (Wildman–Crippen MR) is 96.9 cm³/mol. The number of rotatable bonds is 7. The zero-order valence-electron chi connectivity index (χ0n) is 14.7. The average molecular weight is 309 g/mol. The third-order valence-electron chi connectivity index (χ3n) is 4.54. The summed E-state index contributed by atoms with van der Waals surface area (Å²) in [4.78, 5) is 15.3. The molecule has 0 saturated heterocycles. The predicted octanol–water partition coefficient (Wildman–Crippen LogP) is 4.21. The Morgan fingerprint density at radius 2 is 1.52 bits per heavy atom. The Morgan fingerprint density at radius 3 is 2.04 bits per heavy atom. The van der Waals surface area contributed by atoms with Gasteiger partial charge in [-0.3, -0.25) is 4.79 Å². The Kier molecular flexibility index (Phi) is 5.73. The first-order chi connectivity index (χ1) is 11.0. The number of benzene rings is 2. The lowest BCUT2D eigenvalue weighted by molar-refractivity contribution is -0.123. The molecule has 0 aliphatic rings. The van der Waals surface area contributed by atoms with Crippen molar-refractivity contribution in [3.63, 3.8) is 0 Å². The Morgan fingerprint density at radius 1 is 0.957 bits per heavy atom. The highest BCUT2D eigenvalue weighted by Crippen LogP contribution is 2.38. The highest BCUT2D eigenvalue weighted by Gasteiger charge is 2.40. The summed E-state index contributed by atoms with van der Waals surface area (Å²) in [6, 6.07) is 18.7. The molecule has 0 amide bonds. The van der Waals surface area contributed by atoms with Gasteiger partial charge in [-0.15, -0.1) is 0 Å². The van der Waals surface area contributed by atoms with Crippen LogP contribution in [0.4, 0.5) is 0 Å². The molecule has 0 fully saturated rings. The van der Waals surface area contributed by atoms with Crippen molar-refractivity contribution in [2.45, 2.75) is 32.1 Å². The summed E-state index contributed by atoms with van der Waals surface area (Å²) in [6.45, 7) is 4.91. The highest BCUT2D eigenvalue weighted by molar-refractivity contribution is 5.93. The van der Waals surface area contributed by atoms with Crippen LogP contribution in [0.25, 0.3) is 0 Å². The molecule has 2 aromatic carbocycles. The molecular weight excluding hydrogens is 282 g/mol. The number of aryl methyl sites for hydroxylation is 1. The first-order valence-corrected chi connectivity index (χ1v) is 8.31. The van der Waals surface area contributed by atoms with Crippen molar-refractivity contribution in [3.8, 4) is 0 Å². The van der Waals surface area contributed by atoms with Crippen molar-refractivity contribution in [2.24, 2.45) is 0 Å². The molecule has 23 heavy (non-hydrogen) atoms. The third kappa shape index (κ3) is 3.70. The van der Waals surface area contributed by atoms with Crippen molar-refractivity contribution in [2.75, 3.05) is 20.6 Å². The first-order valence-electron chi connectivity index (χ1n) is 8.31. The second-order valence-corrected chi connectivity index (χ2v) is 6.47. The number of nitrogens with zero attached hydrogens (tertiary/aromatic N) is 1. The van der Waals surface area contributed by atoms with Crippen molar-refractivity contribution >= 4 is 5.78 Å². The number of Topliss-reactive ketones (excluding diaryl/α,β-unsaturated/α-hetero) is 1. The Balaban J connectivity index is 2.63. The summed E-state index contributed by atoms with van der Waals surface area (Å²) in [6.07, 6.45) is 1.33. The van der Waals surface area contributed by atoms with Crippen molar-refractivity contribution < 1.29 is 4.79 Å². The van der Waals surface area contributed by atoms with Crippen molar-refractivity contribution in [1.29, 1.82) is 0 Å². The first kappa shape index (κ1) is 17.4. The number of ketones is 1. The summed E-state index contributed by atoms with van der Waals surface area (Å²) in [5, 5.41) is 0. The number of hydrogen-bond donors (Lipinski definition) is 0. The molecule has 0 heterocycles. The maximum absolute atomic E-state index is 13.1. The van der Waals surface area contributed by atoms with Crippen LogP contribution in [0.3, 0.4) is 0 Å². The van der Waals surface area contributed by atoms with E-state index in [9.17, 15) is 4.79 Å². The maximum atomic E-state index is 13.1. The van der Waals surface area contributed by atoms with Crippen molar-refractivity contribution in [3.05, 3.63) is 71.3 Å². The SMILES string of the molecule is CCC(=O)C(CCN(C)C)(c1ccccc1)c1ccc(C)cc1. The van der Waals surface area contributed by atoms with Gasteiger partial charge in [-0.05, 0) is 45.1 Å². The van der Waals surface area contributed by atoms with Gasteiger partial charge >= 0.3 is 0 Å². The molecule has 2 nitrogen and oxygen atoms in total. The lowest BCUT2D eigenvalue weighted by Crippen LogP contribution is -2.39. The molecule has 122 valence electrons. The molecule has 0 saturated carbocycles. The lowest BCUT2D eigenvalue weighted by atomic mass is 9.68. The Labute approximate surface area is 140 Å². The largest absolute Gasteiger partial charge is 0.309 e. The van der Waals surface area contributed by atoms with Gasteiger partial charge in [0.1, 0.15) is 5.78 Å². The minimum atomic E-state index is -0.562. The Bertz CT molecular complexity index is 631. The summed E-state index contributed by atoms with van der Waals surface area (Å²) < 4.78 is 0. The fourth-order valence-electron chi connectivity index (χ4n) is 3.17. The fourth-order valence-corrected chi connectivity index (χ4v) is 3.17. The number of carbonyl (C=O) groups is 1. The van der Waals surface area contributed by atoms with Crippen LogP contribution in [0.5, 0.6) is 0 Å². The van der Waals surface area contributed by atoms with Gasteiger partial charge in [0.15, 0.2) is 0 Å². The minimum Gasteiger partial charge on any atom is -0.309 e. The topological polar surface area (TPSA) is 20.3 Å². The molecule has 0 radical (unpaired) electrons. The van der Waals surface area contributed by atoms with Crippen LogP contribution in [0.2, 0.25) is 0 Å². The molecule has 0 aliphatic heterocycles. The average Bonchev–Trinajstić information content (AvgIpc) is 2.57. The van der Waals surface area contributed by atoms with E-state index in [4.69, 9.17) is 0 Å². The number of hydrogen-bond acceptors (Lipinski definition) is 2. The van der Waals surface area contributed by atoms with E-state index in [0.717, 1.165) is 24.1 Å². The molecule has 0 aromatic heterocycles. The molecule has 1 unspecified atom stereocenters. The summed E-state index contributed by atoms with van der Waals surface area (Å²) in [5.74, 6) is 0.286. The van der Waals surface area contributed by atoms with Gasteiger partial charge in [-0.25, -0.2) is 0 Å². The van der Waals surface area contributed by atoms with Gasteiger partial charge in [0.05, 0.1) is 5.41 Å².